The number of methoxy groups -OCH3 is 1. The highest BCUT2D eigenvalue weighted by atomic mass is 32.1. The van der Waals surface area contributed by atoms with E-state index in [9.17, 15) is 19.3 Å². The summed E-state index contributed by atoms with van der Waals surface area (Å²) in [5, 5.41) is 15.5. The average Bonchev–Trinajstić information content (AvgIpc) is 3.09. The first kappa shape index (κ1) is 18.5. The van der Waals surface area contributed by atoms with E-state index in [1.165, 1.54) is 48.8 Å². The van der Waals surface area contributed by atoms with Crippen molar-refractivity contribution in [3.8, 4) is 17.0 Å². The summed E-state index contributed by atoms with van der Waals surface area (Å²) in [6.07, 6.45) is 0. The molecule has 0 radical (unpaired) electrons. The van der Waals surface area contributed by atoms with Crippen molar-refractivity contribution < 1.29 is 18.8 Å². The zero-order chi connectivity index (χ0) is 19.6. The Hall–Kier alpha value is -3.33. The molecule has 0 fully saturated rings. The number of nitro benzene ring substituents is 1. The predicted molar refractivity (Wildman–Crippen MR) is 99.8 cm³/mol. The van der Waals surface area contributed by atoms with Crippen LogP contribution in [-0.4, -0.2) is 22.9 Å². The first-order valence-electron chi connectivity index (χ1n) is 7.75. The Bertz CT molecular complexity index is 1040. The highest BCUT2D eigenvalue weighted by Crippen LogP contribution is 2.29. The van der Waals surface area contributed by atoms with Gasteiger partial charge < -0.3 is 4.74 Å². The summed E-state index contributed by atoms with van der Waals surface area (Å²) in [7, 11) is 1.38. The van der Waals surface area contributed by atoms with E-state index >= 15 is 0 Å². The van der Waals surface area contributed by atoms with Crippen molar-refractivity contribution in [2.75, 3.05) is 12.4 Å². The first-order chi connectivity index (χ1) is 12.9. The molecular formula is C18H14FN3O4S. The van der Waals surface area contributed by atoms with Crippen molar-refractivity contribution >= 4 is 28.1 Å². The summed E-state index contributed by atoms with van der Waals surface area (Å²) in [4.78, 5) is 27.0. The third-order valence-electron chi connectivity index (χ3n) is 3.83. The third-order valence-corrected chi connectivity index (χ3v) is 4.59. The lowest BCUT2D eigenvalue weighted by Crippen LogP contribution is -2.12. The van der Waals surface area contributed by atoms with Crippen LogP contribution in [0.5, 0.6) is 5.75 Å². The van der Waals surface area contributed by atoms with Crippen molar-refractivity contribution in [3.05, 3.63) is 68.8 Å². The normalized spacial score (nSPS) is 10.5. The number of thiazole rings is 1. The molecule has 7 nitrogen and oxygen atoms in total. The van der Waals surface area contributed by atoms with E-state index in [4.69, 9.17) is 4.74 Å². The van der Waals surface area contributed by atoms with E-state index in [1.54, 1.807) is 18.4 Å². The van der Waals surface area contributed by atoms with E-state index in [1.807, 2.05) is 0 Å². The minimum atomic E-state index is -0.505. The predicted octanol–water partition coefficient (Wildman–Crippen LogP) is 4.43. The van der Waals surface area contributed by atoms with Crippen molar-refractivity contribution in [2.24, 2.45) is 0 Å². The number of ether oxygens (including phenoxy) is 1. The van der Waals surface area contributed by atoms with Gasteiger partial charge in [0.2, 0.25) is 0 Å². The number of carbonyl (C=O) groups excluding carboxylic acids is 1. The molecule has 0 saturated carbocycles. The van der Waals surface area contributed by atoms with Gasteiger partial charge in [-0.25, -0.2) is 9.37 Å². The molecule has 0 unspecified atom stereocenters. The number of nitrogens with zero attached hydrogens (tertiary/aromatic N) is 2. The topological polar surface area (TPSA) is 94.4 Å². The average molecular weight is 387 g/mol. The number of benzene rings is 2. The Kier molecular flexibility index (Phi) is 5.13. The Labute approximate surface area is 157 Å². The van der Waals surface area contributed by atoms with E-state index in [2.05, 4.69) is 10.3 Å². The SMILES string of the molecule is COc1ccc(-c2csc(NC(=O)c3ccc([N+](=O)[O-])c(C)c3)n2)cc1F. The number of rotatable bonds is 5. The molecule has 0 spiro atoms. The van der Waals surface area contributed by atoms with Gasteiger partial charge in [0.15, 0.2) is 16.7 Å². The van der Waals surface area contributed by atoms with Crippen LogP contribution in [0.3, 0.4) is 0 Å². The van der Waals surface area contributed by atoms with Crippen LogP contribution in [0.1, 0.15) is 15.9 Å². The van der Waals surface area contributed by atoms with Crippen molar-refractivity contribution in [1.29, 1.82) is 0 Å². The second-order valence-electron chi connectivity index (χ2n) is 5.60. The summed E-state index contributed by atoms with van der Waals surface area (Å²) in [5.41, 5.74) is 1.68. The molecule has 27 heavy (non-hydrogen) atoms. The van der Waals surface area contributed by atoms with E-state index in [0.29, 0.717) is 22.0 Å². The molecule has 138 valence electrons. The Morgan fingerprint density at radius 3 is 2.70 bits per heavy atom. The minimum absolute atomic E-state index is 0.0513. The molecule has 0 saturated heterocycles. The summed E-state index contributed by atoms with van der Waals surface area (Å²) in [5.74, 6) is -0.805. The zero-order valence-corrected chi connectivity index (χ0v) is 15.2. The van der Waals surface area contributed by atoms with E-state index in [0.717, 1.165) is 0 Å². The van der Waals surface area contributed by atoms with Gasteiger partial charge in [0, 0.05) is 28.1 Å². The smallest absolute Gasteiger partial charge is 0.272 e. The summed E-state index contributed by atoms with van der Waals surface area (Å²) in [6, 6.07) is 8.59. The van der Waals surface area contributed by atoms with Crippen LogP contribution in [0.4, 0.5) is 15.2 Å². The molecule has 1 aromatic heterocycles. The third kappa shape index (κ3) is 3.93. The monoisotopic (exact) mass is 387 g/mol. The van der Waals surface area contributed by atoms with E-state index < -0.39 is 16.6 Å². The first-order valence-corrected chi connectivity index (χ1v) is 8.63. The molecule has 1 amide bonds. The molecule has 0 aliphatic carbocycles. The number of aromatic nitrogens is 1. The van der Waals surface area contributed by atoms with Gasteiger partial charge in [-0.15, -0.1) is 11.3 Å². The molecular weight excluding hydrogens is 373 g/mol. The Balaban J connectivity index is 1.77. The van der Waals surface area contributed by atoms with Gasteiger partial charge in [0.05, 0.1) is 17.7 Å². The Morgan fingerprint density at radius 2 is 2.07 bits per heavy atom. The van der Waals surface area contributed by atoms with Crippen LogP contribution >= 0.6 is 11.3 Å². The maximum absolute atomic E-state index is 13.8. The van der Waals surface area contributed by atoms with Crippen LogP contribution in [0.15, 0.2) is 41.8 Å². The standard InChI is InChI=1S/C18H14FN3O4S/c1-10-7-12(3-5-15(10)22(24)25)17(23)21-18-20-14(9-27-18)11-4-6-16(26-2)13(19)8-11/h3-9H,1-2H3,(H,20,21,23). The molecule has 0 bridgehead atoms. The van der Waals surface area contributed by atoms with Gasteiger partial charge in [-0.3, -0.25) is 20.2 Å². The van der Waals surface area contributed by atoms with Gasteiger partial charge in [-0.05, 0) is 37.3 Å². The maximum Gasteiger partial charge on any atom is 0.272 e. The minimum Gasteiger partial charge on any atom is -0.494 e. The van der Waals surface area contributed by atoms with Crippen molar-refractivity contribution in [1.82, 2.24) is 4.98 Å². The van der Waals surface area contributed by atoms with E-state index in [-0.39, 0.29) is 17.0 Å². The van der Waals surface area contributed by atoms with Crippen molar-refractivity contribution in [2.45, 2.75) is 6.92 Å². The number of hydrogen-bond donors (Lipinski definition) is 1. The number of hydrogen-bond acceptors (Lipinski definition) is 6. The highest BCUT2D eigenvalue weighted by molar-refractivity contribution is 7.14. The number of anilines is 1. The second kappa shape index (κ2) is 7.50. The van der Waals surface area contributed by atoms with Gasteiger partial charge in [0.1, 0.15) is 0 Å². The zero-order valence-electron chi connectivity index (χ0n) is 14.4. The van der Waals surface area contributed by atoms with Crippen LogP contribution in [0.25, 0.3) is 11.3 Å². The largest absolute Gasteiger partial charge is 0.494 e. The molecule has 0 aliphatic rings. The number of carbonyl (C=O) groups is 1. The van der Waals surface area contributed by atoms with Gasteiger partial charge >= 0.3 is 0 Å². The summed E-state index contributed by atoms with van der Waals surface area (Å²) < 4.78 is 18.7. The number of aryl methyl sites for hydroxylation is 1. The summed E-state index contributed by atoms with van der Waals surface area (Å²) >= 11 is 1.19. The number of nitrogens with one attached hydrogen (secondary N) is 1. The highest BCUT2D eigenvalue weighted by Gasteiger charge is 2.15. The number of halogens is 1. The fourth-order valence-electron chi connectivity index (χ4n) is 2.46. The molecule has 0 aliphatic heterocycles. The lowest BCUT2D eigenvalue weighted by molar-refractivity contribution is -0.385. The van der Waals surface area contributed by atoms with Crippen molar-refractivity contribution in [3.63, 3.8) is 0 Å². The molecule has 3 aromatic rings. The van der Waals surface area contributed by atoms with Crippen LogP contribution in [-0.2, 0) is 0 Å². The number of amides is 1. The van der Waals surface area contributed by atoms with Crippen LogP contribution < -0.4 is 10.1 Å². The Morgan fingerprint density at radius 1 is 1.30 bits per heavy atom. The van der Waals surface area contributed by atoms with Crippen LogP contribution in [0.2, 0.25) is 0 Å². The summed E-state index contributed by atoms with van der Waals surface area (Å²) in [6.45, 7) is 1.56. The molecule has 2 aromatic carbocycles. The fourth-order valence-corrected chi connectivity index (χ4v) is 3.18. The number of nitro groups is 1. The lowest BCUT2D eigenvalue weighted by atomic mass is 10.1. The van der Waals surface area contributed by atoms with Gasteiger partial charge in [-0.2, -0.15) is 0 Å². The van der Waals surface area contributed by atoms with Gasteiger partial charge in [0.25, 0.3) is 11.6 Å². The molecule has 3 rings (SSSR count). The quantitative estimate of drug-likeness (QED) is 0.516. The molecule has 9 heteroatoms. The van der Waals surface area contributed by atoms with Crippen LogP contribution in [0, 0.1) is 22.9 Å². The lowest BCUT2D eigenvalue weighted by Gasteiger charge is -2.04. The second-order valence-corrected chi connectivity index (χ2v) is 6.46. The fraction of sp³-hybridized carbons (Fsp3) is 0.111. The molecule has 1 N–H and O–H groups in total. The van der Waals surface area contributed by atoms with Gasteiger partial charge in [-0.1, -0.05) is 0 Å². The molecule has 1 heterocycles. The maximum atomic E-state index is 13.8. The molecule has 0 atom stereocenters.